The minimum Gasteiger partial charge on any atom is -0.314 e. The predicted octanol–water partition coefficient (Wildman–Crippen LogP) is 4.38. The van der Waals surface area contributed by atoms with Crippen molar-refractivity contribution >= 4 is 0 Å². The summed E-state index contributed by atoms with van der Waals surface area (Å²) in [5, 5.41) is 3.58. The largest absolute Gasteiger partial charge is 0.314 e. The van der Waals surface area contributed by atoms with Crippen molar-refractivity contribution in [2.24, 2.45) is 5.92 Å². The highest BCUT2D eigenvalue weighted by Gasteiger charge is 2.13. The van der Waals surface area contributed by atoms with Gasteiger partial charge in [0.05, 0.1) is 0 Å². The van der Waals surface area contributed by atoms with Gasteiger partial charge in [0.15, 0.2) is 0 Å². The van der Waals surface area contributed by atoms with Gasteiger partial charge in [0, 0.05) is 6.04 Å². The molecule has 102 valence electrons. The molecule has 0 bridgehead atoms. The second-order valence-electron chi connectivity index (χ2n) is 5.87. The Kier molecular flexibility index (Phi) is 6.42. The first-order valence-corrected chi connectivity index (χ1v) is 7.36. The van der Waals surface area contributed by atoms with E-state index in [0.29, 0.717) is 12.0 Å². The molecule has 0 amide bonds. The van der Waals surface area contributed by atoms with Crippen molar-refractivity contribution in [3.05, 3.63) is 35.4 Å². The molecule has 2 atom stereocenters. The molecule has 1 N–H and O–H groups in total. The average molecular weight is 247 g/mol. The number of benzene rings is 1. The molecule has 0 saturated carbocycles. The first-order valence-electron chi connectivity index (χ1n) is 7.36. The molecular weight excluding hydrogens is 218 g/mol. The third kappa shape index (κ3) is 4.81. The van der Waals surface area contributed by atoms with Crippen LogP contribution in [-0.2, 0) is 6.42 Å². The Morgan fingerprint density at radius 1 is 1.00 bits per heavy atom. The van der Waals surface area contributed by atoms with Crippen LogP contribution in [0.1, 0.15) is 58.1 Å². The highest BCUT2D eigenvalue weighted by Crippen LogP contribution is 2.20. The van der Waals surface area contributed by atoms with Crippen LogP contribution in [0.25, 0.3) is 0 Å². The van der Waals surface area contributed by atoms with Crippen LogP contribution >= 0.6 is 0 Å². The summed E-state index contributed by atoms with van der Waals surface area (Å²) in [6.07, 6.45) is 2.38. The Labute approximate surface area is 113 Å². The van der Waals surface area contributed by atoms with Gasteiger partial charge < -0.3 is 5.32 Å². The van der Waals surface area contributed by atoms with Crippen LogP contribution in [0.15, 0.2) is 24.3 Å². The zero-order valence-corrected chi connectivity index (χ0v) is 12.7. The van der Waals surface area contributed by atoms with E-state index in [9.17, 15) is 0 Å². The van der Waals surface area contributed by atoms with Gasteiger partial charge in [-0.05, 0) is 49.3 Å². The van der Waals surface area contributed by atoms with E-state index in [4.69, 9.17) is 0 Å². The molecule has 1 aromatic rings. The quantitative estimate of drug-likeness (QED) is 0.754. The molecule has 0 aliphatic heterocycles. The molecule has 0 aliphatic carbocycles. The molecule has 0 aliphatic rings. The van der Waals surface area contributed by atoms with E-state index >= 15 is 0 Å². The van der Waals surface area contributed by atoms with E-state index in [1.54, 1.807) is 0 Å². The maximum atomic E-state index is 3.58. The lowest BCUT2D eigenvalue weighted by Crippen LogP contribution is -2.31. The molecule has 1 heteroatoms. The van der Waals surface area contributed by atoms with Crippen molar-refractivity contribution in [3.63, 3.8) is 0 Å². The average Bonchev–Trinajstić information content (AvgIpc) is 2.35. The fourth-order valence-corrected chi connectivity index (χ4v) is 2.27. The molecule has 0 saturated heterocycles. The molecule has 1 rings (SSSR count). The first kappa shape index (κ1) is 15.2. The Morgan fingerprint density at radius 3 is 2.11 bits per heavy atom. The summed E-state index contributed by atoms with van der Waals surface area (Å²) in [7, 11) is 0. The number of nitrogens with one attached hydrogen (secondary N) is 1. The maximum Gasteiger partial charge on any atom is 0.0105 e. The van der Waals surface area contributed by atoms with Gasteiger partial charge in [0.2, 0.25) is 0 Å². The van der Waals surface area contributed by atoms with Crippen molar-refractivity contribution in [2.45, 2.75) is 59.4 Å². The van der Waals surface area contributed by atoms with Crippen LogP contribution in [0.5, 0.6) is 0 Å². The third-order valence-electron chi connectivity index (χ3n) is 3.62. The molecular formula is C17H29N. The number of hydrogen-bond acceptors (Lipinski definition) is 1. The second-order valence-corrected chi connectivity index (χ2v) is 5.87. The van der Waals surface area contributed by atoms with Crippen molar-refractivity contribution in [1.29, 1.82) is 0 Å². The summed E-state index contributed by atoms with van der Waals surface area (Å²) < 4.78 is 0. The van der Waals surface area contributed by atoms with E-state index in [1.165, 1.54) is 24.0 Å². The zero-order chi connectivity index (χ0) is 13.5. The van der Waals surface area contributed by atoms with E-state index in [1.807, 2.05) is 0 Å². The van der Waals surface area contributed by atoms with Gasteiger partial charge >= 0.3 is 0 Å². The van der Waals surface area contributed by atoms with Crippen LogP contribution in [0, 0.1) is 5.92 Å². The van der Waals surface area contributed by atoms with Crippen molar-refractivity contribution < 1.29 is 0 Å². The summed E-state index contributed by atoms with van der Waals surface area (Å²) in [6, 6.07) is 9.72. The van der Waals surface area contributed by atoms with E-state index in [2.05, 4.69) is 64.2 Å². The lowest BCUT2D eigenvalue weighted by Gasteiger charge is -2.22. The standard InChI is InChI=1S/C17H29N/c1-6-11-18-15(5)14(4)17-9-7-16(8-10-17)12-13(2)3/h7-10,13-15,18H,6,11-12H2,1-5H3. The molecule has 0 aromatic heterocycles. The van der Waals surface area contributed by atoms with Gasteiger partial charge in [-0.25, -0.2) is 0 Å². The topological polar surface area (TPSA) is 12.0 Å². The minimum absolute atomic E-state index is 0.542. The van der Waals surface area contributed by atoms with Gasteiger partial charge in [0.25, 0.3) is 0 Å². The van der Waals surface area contributed by atoms with Crippen molar-refractivity contribution in [2.75, 3.05) is 6.54 Å². The van der Waals surface area contributed by atoms with Crippen LogP contribution in [0.2, 0.25) is 0 Å². The fraction of sp³-hybridized carbons (Fsp3) is 0.647. The molecule has 0 fully saturated rings. The Bertz CT molecular complexity index is 326. The number of hydrogen-bond donors (Lipinski definition) is 1. The summed E-state index contributed by atoms with van der Waals surface area (Å²) in [4.78, 5) is 0. The summed E-state index contributed by atoms with van der Waals surface area (Å²) in [5.74, 6) is 1.31. The van der Waals surface area contributed by atoms with Crippen molar-refractivity contribution in [1.82, 2.24) is 5.32 Å². The molecule has 0 spiro atoms. The van der Waals surface area contributed by atoms with Crippen LogP contribution in [0.3, 0.4) is 0 Å². The normalized spacial score (nSPS) is 14.8. The second kappa shape index (κ2) is 7.58. The van der Waals surface area contributed by atoms with Gasteiger partial charge in [-0.1, -0.05) is 52.0 Å². The fourth-order valence-electron chi connectivity index (χ4n) is 2.27. The summed E-state index contributed by atoms with van der Waals surface area (Å²) in [5.41, 5.74) is 2.90. The highest BCUT2D eigenvalue weighted by atomic mass is 14.9. The van der Waals surface area contributed by atoms with E-state index in [0.717, 1.165) is 12.5 Å². The minimum atomic E-state index is 0.542. The maximum absolute atomic E-state index is 3.58. The zero-order valence-electron chi connectivity index (χ0n) is 12.7. The van der Waals surface area contributed by atoms with Crippen LogP contribution in [-0.4, -0.2) is 12.6 Å². The Hall–Kier alpha value is -0.820. The lowest BCUT2D eigenvalue weighted by molar-refractivity contribution is 0.481. The molecule has 2 unspecified atom stereocenters. The van der Waals surface area contributed by atoms with Crippen LogP contribution < -0.4 is 5.32 Å². The Morgan fingerprint density at radius 2 is 1.61 bits per heavy atom. The monoisotopic (exact) mass is 247 g/mol. The summed E-state index contributed by atoms with van der Waals surface area (Å²) >= 11 is 0. The van der Waals surface area contributed by atoms with Gasteiger partial charge in [-0.15, -0.1) is 0 Å². The number of rotatable bonds is 7. The lowest BCUT2D eigenvalue weighted by atomic mass is 9.92. The third-order valence-corrected chi connectivity index (χ3v) is 3.62. The molecule has 1 nitrogen and oxygen atoms in total. The smallest absolute Gasteiger partial charge is 0.0105 e. The SMILES string of the molecule is CCCNC(C)C(C)c1ccc(CC(C)C)cc1. The van der Waals surface area contributed by atoms with Gasteiger partial charge in [-0.2, -0.15) is 0 Å². The molecule has 0 radical (unpaired) electrons. The van der Waals surface area contributed by atoms with Crippen molar-refractivity contribution in [3.8, 4) is 0 Å². The summed E-state index contributed by atoms with van der Waals surface area (Å²) in [6.45, 7) is 12.5. The van der Waals surface area contributed by atoms with Gasteiger partial charge in [-0.3, -0.25) is 0 Å². The molecule has 18 heavy (non-hydrogen) atoms. The van der Waals surface area contributed by atoms with E-state index in [-0.39, 0.29) is 0 Å². The van der Waals surface area contributed by atoms with E-state index < -0.39 is 0 Å². The predicted molar refractivity (Wildman–Crippen MR) is 81.2 cm³/mol. The Balaban J connectivity index is 2.60. The van der Waals surface area contributed by atoms with Gasteiger partial charge in [0.1, 0.15) is 0 Å². The molecule has 0 heterocycles. The highest BCUT2D eigenvalue weighted by molar-refractivity contribution is 5.26. The first-order chi connectivity index (χ1) is 8.54. The van der Waals surface area contributed by atoms with Crippen LogP contribution in [0.4, 0.5) is 0 Å². The molecule has 1 aromatic carbocycles.